The molecule has 18 heavy (non-hydrogen) atoms. The molecule has 0 atom stereocenters. The van der Waals surface area contributed by atoms with E-state index in [-0.39, 0.29) is 11.4 Å². The molecule has 1 heterocycles. The van der Waals surface area contributed by atoms with Gasteiger partial charge in [0.15, 0.2) is 6.29 Å². The quantitative estimate of drug-likeness (QED) is 0.671. The van der Waals surface area contributed by atoms with E-state index in [0.717, 1.165) is 0 Å². The van der Waals surface area contributed by atoms with E-state index in [1.165, 1.54) is 6.20 Å². The van der Waals surface area contributed by atoms with Crippen LogP contribution in [0.5, 0.6) is 0 Å². The lowest BCUT2D eigenvalue weighted by atomic mass is 10.5. The molecule has 0 aliphatic carbocycles. The Morgan fingerprint density at radius 2 is 2.00 bits per heavy atom. The van der Waals surface area contributed by atoms with E-state index in [9.17, 15) is 8.42 Å². The Hall–Kier alpha value is -0.960. The highest BCUT2D eigenvalue weighted by atomic mass is 32.2. The van der Waals surface area contributed by atoms with Crippen LogP contribution < -0.4 is 4.72 Å². The van der Waals surface area contributed by atoms with Crippen LogP contribution in [0, 0.1) is 6.92 Å². The Kier molecular flexibility index (Phi) is 5.73. The normalized spacial score (nSPS) is 12.2. The summed E-state index contributed by atoms with van der Waals surface area (Å²) >= 11 is 0. The van der Waals surface area contributed by atoms with Crippen molar-refractivity contribution >= 4 is 10.0 Å². The van der Waals surface area contributed by atoms with Crippen LogP contribution >= 0.6 is 0 Å². The summed E-state index contributed by atoms with van der Waals surface area (Å²) in [6.45, 7) is 6.26. The molecule has 0 radical (unpaired) electrons. The second-order valence-corrected chi connectivity index (χ2v) is 5.29. The second kappa shape index (κ2) is 6.83. The van der Waals surface area contributed by atoms with Gasteiger partial charge in [-0.05, 0) is 20.8 Å². The Bertz CT molecular complexity index is 451. The monoisotopic (exact) mass is 277 g/mol. The molecule has 0 bridgehead atoms. The zero-order valence-electron chi connectivity index (χ0n) is 10.8. The van der Waals surface area contributed by atoms with Crippen molar-refractivity contribution in [2.45, 2.75) is 32.0 Å². The second-order valence-electron chi connectivity index (χ2n) is 3.55. The molecule has 0 fully saturated rings. The van der Waals surface area contributed by atoms with Gasteiger partial charge >= 0.3 is 0 Å². The van der Waals surface area contributed by atoms with E-state index in [2.05, 4.69) is 14.9 Å². The molecule has 8 heteroatoms. The van der Waals surface area contributed by atoms with Gasteiger partial charge in [0.05, 0.1) is 18.4 Å². The zero-order chi connectivity index (χ0) is 13.6. The van der Waals surface area contributed by atoms with Crippen LogP contribution in [-0.2, 0) is 19.5 Å². The molecule has 0 saturated heterocycles. The largest absolute Gasteiger partial charge is 0.352 e. The summed E-state index contributed by atoms with van der Waals surface area (Å²) in [5.74, 6) is 0. The van der Waals surface area contributed by atoms with Gasteiger partial charge in [0.25, 0.3) is 0 Å². The number of sulfonamides is 1. The Labute approximate surface area is 107 Å². The van der Waals surface area contributed by atoms with Crippen molar-refractivity contribution in [3.63, 3.8) is 0 Å². The van der Waals surface area contributed by atoms with Crippen LogP contribution in [0.1, 0.15) is 19.5 Å². The molecular formula is C10H19N3O4S. The van der Waals surface area contributed by atoms with Crippen molar-refractivity contribution in [3.8, 4) is 0 Å². The van der Waals surface area contributed by atoms with Crippen molar-refractivity contribution in [3.05, 3.63) is 11.9 Å². The molecule has 0 amide bonds. The number of rotatable bonds is 8. The summed E-state index contributed by atoms with van der Waals surface area (Å²) in [4.78, 5) is 0.134. The minimum absolute atomic E-state index is 0.0641. The third kappa shape index (κ3) is 4.05. The Morgan fingerprint density at radius 3 is 2.44 bits per heavy atom. The molecule has 0 aliphatic heterocycles. The van der Waals surface area contributed by atoms with Gasteiger partial charge in [-0.2, -0.15) is 5.10 Å². The number of hydrogen-bond acceptors (Lipinski definition) is 5. The third-order valence-corrected chi connectivity index (χ3v) is 3.76. The van der Waals surface area contributed by atoms with Gasteiger partial charge in [-0.3, -0.25) is 5.10 Å². The van der Waals surface area contributed by atoms with Crippen molar-refractivity contribution in [1.82, 2.24) is 14.9 Å². The van der Waals surface area contributed by atoms with Gasteiger partial charge in [0.1, 0.15) is 4.90 Å². The van der Waals surface area contributed by atoms with E-state index >= 15 is 0 Å². The fraction of sp³-hybridized carbons (Fsp3) is 0.700. The van der Waals surface area contributed by atoms with Crippen LogP contribution in [0.15, 0.2) is 11.1 Å². The number of aryl methyl sites for hydroxylation is 1. The maximum absolute atomic E-state index is 11.9. The highest BCUT2D eigenvalue weighted by molar-refractivity contribution is 7.89. The van der Waals surface area contributed by atoms with Crippen molar-refractivity contribution < 1.29 is 17.9 Å². The van der Waals surface area contributed by atoms with Gasteiger partial charge < -0.3 is 9.47 Å². The van der Waals surface area contributed by atoms with Gasteiger partial charge in [-0.25, -0.2) is 13.1 Å². The first-order valence-electron chi connectivity index (χ1n) is 5.74. The number of hydrogen-bond donors (Lipinski definition) is 2. The van der Waals surface area contributed by atoms with E-state index in [1.807, 2.05) is 13.8 Å². The highest BCUT2D eigenvalue weighted by Crippen LogP contribution is 2.10. The topological polar surface area (TPSA) is 93.3 Å². The molecular weight excluding hydrogens is 258 g/mol. The van der Waals surface area contributed by atoms with E-state index in [1.54, 1.807) is 6.92 Å². The lowest BCUT2D eigenvalue weighted by Gasteiger charge is -2.17. The number of aromatic nitrogens is 2. The predicted molar refractivity (Wildman–Crippen MR) is 65.6 cm³/mol. The molecule has 7 nitrogen and oxygen atoms in total. The molecule has 1 aromatic rings. The van der Waals surface area contributed by atoms with Gasteiger partial charge in [-0.15, -0.1) is 0 Å². The lowest BCUT2D eigenvalue weighted by Crippen LogP contribution is -2.35. The summed E-state index contributed by atoms with van der Waals surface area (Å²) in [6, 6.07) is 0. The van der Waals surface area contributed by atoms with Crippen LogP contribution in [0.3, 0.4) is 0 Å². The third-order valence-electron chi connectivity index (χ3n) is 2.22. The summed E-state index contributed by atoms with van der Waals surface area (Å²) in [7, 11) is -3.58. The molecule has 1 aromatic heterocycles. The van der Waals surface area contributed by atoms with E-state index in [4.69, 9.17) is 9.47 Å². The molecule has 0 spiro atoms. The fourth-order valence-corrected chi connectivity index (χ4v) is 2.56. The number of nitrogens with zero attached hydrogens (tertiary/aromatic N) is 1. The lowest BCUT2D eigenvalue weighted by molar-refractivity contribution is -0.130. The highest BCUT2D eigenvalue weighted by Gasteiger charge is 2.20. The molecule has 0 aliphatic rings. The van der Waals surface area contributed by atoms with E-state index in [0.29, 0.717) is 18.9 Å². The zero-order valence-corrected chi connectivity index (χ0v) is 11.6. The first kappa shape index (κ1) is 15.1. The first-order valence-corrected chi connectivity index (χ1v) is 7.22. The Morgan fingerprint density at radius 1 is 1.39 bits per heavy atom. The molecule has 0 unspecified atom stereocenters. The number of H-pyrrole nitrogens is 1. The van der Waals surface area contributed by atoms with Crippen molar-refractivity contribution in [2.75, 3.05) is 19.8 Å². The predicted octanol–water partition coefficient (Wildman–Crippen LogP) is 0.396. The molecule has 0 saturated carbocycles. The van der Waals surface area contributed by atoms with Gasteiger partial charge in [0, 0.05) is 13.2 Å². The molecule has 1 rings (SSSR count). The maximum atomic E-state index is 11.9. The summed E-state index contributed by atoms with van der Waals surface area (Å²) in [6.07, 6.45) is 0.690. The molecule has 104 valence electrons. The molecule has 2 N–H and O–H groups in total. The summed E-state index contributed by atoms with van der Waals surface area (Å²) in [5, 5.41) is 6.26. The van der Waals surface area contributed by atoms with Crippen LogP contribution in [0.25, 0.3) is 0 Å². The van der Waals surface area contributed by atoms with E-state index < -0.39 is 16.3 Å². The fourth-order valence-electron chi connectivity index (χ4n) is 1.40. The van der Waals surface area contributed by atoms with Crippen LogP contribution in [0.2, 0.25) is 0 Å². The van der Waals surface area contributed by atoms with Crippen molar-refractivity contribution in [2.24, 2.45) is 0 Å². The van der Waals surface area contributed by atoms with Crippen LogP contribution in [-0.4, -0.2) is 44.7 Å². The minimum atomic E-state index is -3.58. The number of aromatic amines is 1. The average Bonchev–Trinajstić information content (AvgIpc) is 2.74. The first-order chi connectivity index (χ1) is 8.51. The van der Waals surface area contributed by atoms with Crippen LogP contribution in [0.4, 0.5) is 0 Å². The SMILES string of the molecule is CCOC(CNS(=O)(=O)c1cn[nH]c1C)OCC. The Balaban J connectivity index is 2.64. The average molecular weight is 277 g/mol. The maximum Gasteiger partial charge on any atom is 0.244 e. The van der Waals surface area contributed by atoms with Gasteiger partial charge in [-0.1, -0.05) is 0 Å². The summed E-state index contributed by atoms with van der Waals surface area (Å²) < 4.78 is 36.8. The molecule has 0 aromatic carbocycles. The summed E-state index contributed by atoms with van der Waals surface area (Å²) in [5.41, 5.74) is 0.492. The van der Waals surface area contributed by atoms with Crippen molar-refractivity contribution in [1.29, 1.82) is 0 Å². The number of ether oxygens (including phenoxy) is 2. The number of nitrogens with one attached hydrogen (secondary N) is 2. The standard InChI is InChI=1S/C10H19N3O4S/c1-4-16-10(17-5-2)7-12-18(14,15)9-6-11-13-8(9)3/h6,10,12H,4-5,7H2,1-3H3,(H,11,13). The smallest absolute Gasteiger partial charge is 0.244 e. The van der Waals surface area contributed by atoms with Gasteiger partial charge in [0.2, 0.25) is 10.0 Å². The minimum Gasteiger partial charge on any atom is -0.352 e.